The molecule has 0 saturated heterocycles. The second kappa shape index (κ2) is 4.97. The molecule has 1 aromatic heterocycles. The number of hydrogen-bond acceptors (Lipinski definition) is 3. The number of anilines is 1. The van der Waals surface area contributed by atoms with Gasteiger partial charge in [0.2, 0.25) is 11.9 Å². The third-order valence-electron chi connectivity index (χ3n) is 2.57. The van der Waals surface area contributed by atoms with Crippen LogP contribution >= 0.6 is 0 Å². The van der Waals surface area contributed by atoms with Crippen molar-refractivity contribution >= 4 is 22.9 Å². The average molecular weight is 232 g/mol. The molecule has 1 amide bonds. The van der Waals surface area contributed by atoms with E-state index in [1.54, 1.807) is 0 Å². The number of amides is 1. The van der Waals surface area contributed by atoms with E-state index in [-0.39, 0.29) is 5.91 Å². The largest absolute Gasteiger partial charge is 0.324 e. The van der Waals surface area contributed by atoms with Crippen LogP contribution in [0.2, 0.25) is 0 Å². The van der Waals surface area contributed by atoms with Crippen molar-refractivity contribution in [1.82, 2.24) is 9.97 Å². The van der Waals surface area contributed by atoms with Gasteiger partial charge in [0, 0.05) is 0 Å². The maximum absolute atomic E-state index is 11.7. The smallest absolute Gasteiger partial charge is 0.243 e. The maximum atomic E-state index is 11.7. The van der Waals surface area contributed by atoms with Crippen molar-refractivity contribution in [3.8, 4) is 0 Å². The number of carbonyl (C=O) groups is 1. The number of imidazole rings is 1. The summed E-state index contributed by atoms with van der Waals surface area (Å²) in [5.41, 5.74) is 7.44. The summed E-state index contributed by atoms with van der Waals surface area (Å²) >= 11 is 0. The van der Waals surface area contributed by atoms with Crippen molar-refractivity contribution in [2.24, 2.45) is 5.73 Å². The number of H-pyrrole nitrogens is 1. The molecule has 1 atom stereocenters. The van der Waals surface area contributed by atoms with Crippen molar-refractivity contribution < 1.29 is 4.79 Å². The van der Waals surface area contributed by atoms with Gasteiger partial charge in [-0.3, -0.25) is 10.1 Å². The first-order valence-corrected chi connectivity index (χ1v) is 5.72. The molecule has 5 heteroatoms. The van der Waals surface area contributed by atoms with Crippen LogP contribution in [-0.2, 0) is 4.79 Å². The maximum Gasteiger partial charge on any atom is 0.243 e. The minimum absolute atomic E-state index is 0.203. The van der Waals surface area contributed by atoms with Gasteiger partial charge in [-0.1, -0.05) is 25.5 Å². The third-order valence-corrected chi connectivity index (χ3v) is 2.57. The van der Waals surface area contributed by atoms with Crippen LogP contribution in [0.5, 0.6) is 0 Å². The van der Waals surface area contributed by atoms with Gasteiger partial charge in [0.05, 0.1) is 17.1 Å². The summed E-state index contributed by atoms with van der Waals surface area (Å²) in [5, 5.41) is 2.69. The van der Waals surface area contributed by atoms with Crippen LogP contribution in [0.3, 0.4) is 0 Å². The first-order valence-electron chi connectivity index (χ1n) is 5.72. The Morgan fingerprint density at radius 3 is 3.00 bits per heavy atom. The lowest BCUT2D eigenvalue weighted by Crippen LogP contribution is -2.35. The molecule has 0 fully saturated rings. The van der Waals surface area contributed by atoms with Crippen molar-refractivity contribution in [3.63, 3.8) is 0 Å². The molecular weight excluding hydrogens is 216 g/mol. The van der Waals surface area contributed by atoms with E-state index < -0.39 is 6.04 Å². The summed E-state index contributed by atoms with van der Waals surface area (Å²) < 4.78 is 0. The zero-order chi connectivity index (χ0) is 12.3. The third kappa shape index (κ3) is 2.62. The summed E-state index contributed by atoms with van der Waals surface area (Å²) in [7, 11) is 0. The number of hydrogen-bond donors (Lipinski definition) is 3. The van der Waals surface area contributed by atoms with Crippen LogP contribution in [0.4, 0.5) is 5.95 Å². The Bertz CT molecular complexity index is 487. The van der Waals surface area contributed by atoms with Gasteiger partial charge in [0.25, 0.3) is 0 Å². The molecule has 1 aromatic carbocycles. The zero-order valence-electron chi connectivity index (χ0n) is 9.73. The van der Waals surface area contributed by atoms with E-state index >= 15 is 0 Å². The first kappa shape index (κ1) is 11.6. The highest BCUT2D eigenvalue weighted by Crippen LogP contribution is 2.13. The summed E-state index contributed by atoms with van der Waals surface area (Å²) in [4.78, 5) is 19.0. The van der Waals surface area contributed by atoms with Crippen LogP contribution in [0.15, 0.2) is 24.3 Å². The van der Waals surface area contributed by atoms with Crippen LogP contribution in [0.25, 0.3) is 11.0 Å². The molecular formula is C12H16N4O. The van der Waals surface area contributed by atoms with Crippen molar-refractivity contribution in [3.05, 3.63) is 24.3 Å². The highest BCUT2D eigenvalue weighted by Gasteiger charge is 2.13. The van der Waals surface area contributed by atoms with Crippen molar-refractivity contribution in [2.45, 2.75) is 25.8 Å². The van der Waals surface area contributed by atoms with Crippen LogP contribution in [0, 0.1) is 0 Å². The average Bonchev–Trinajstić information content (AvgIpc) is 2.71. The van der Waals surface area contributed by atoms with Crippen LogP contribution < -0.4 is 11.1 Å². The number of para-hydroxylation sites is 2. The fourth-order valence-corrected chi connectivity index (χ4v) is 1.66. The molecule has 1 heterocycles. The normalized spacial score (nSPS) is 12.6. The number of carbonyl (C=O) groups excluding carboxylic acids is 1. The predicted molar refractivity (Wildman–Crippen MR) is 67.6 cm³/mol. The molecule has 2 aromatic rings. The van der Waals surface area contributed by atoms with Gasteiger partial charge in [0.1, 0.15) is 0 Å². The van der Waals surface area contributed by atoms with E-state index in [4.69, 9.17) is 5.73 Å². The molecule has 0 radical (unpaired) electrons. The molecule has 0 saturated carbocycles. The Hall–Kier alpha value is -1.88. The summed E-state index contributed by atoms with van der Waals surface area (Å²) in [6.45, 7) is 1.99. The van der Waals surface area contributed by atoms with Gasteiger partial charge in [-0.25, -0.2) is 4.98 Å². The zero-order valence-corrected chi connectivity index (χ0v) is 9.73. The quantitative estimate of drug-likeness (QED) is 0.749. The number of nitrogens with one attached hydrogen (secondary N) is 2. The lowest BCUT2D eigenvalue weighted by molar-refractivity contribution is -0.117. The van der Waals surface area contributed by atoms with Crippen molar-refractivity contribution in [1.29, 1.82) is 0 Å². The van der Waals surface area contributed by atoms with Crippen molar-refractivity contribution in [2.75, 3.05) is 5.32 Å². The number of aromatic nitrogens is 2. The Kier molecular flexibility index (Phi) is 3.39. The monoisotopic (exact) mass is 232 g/mol. The number of benzene rings is 1. The van der Waals surface area contributed by atoms with Gasteiger partial charge < -0.3 is 10.7 Å². The SMILES string of the molecule is CCCC(N)C(=O)Nc1nc2ccccc2[nH]1. The Morgan fingerprint density at radius 1 is 1.53 bits per heavy atom. The molecule has 0 aliphatic rings. The fraction of sp³-hybridized carbons (Fsp3) is 0.333. The minimum Gasteiger partial charge on any atom is -0.324 e. The van der Waals surface area contributed by atoms with Gasteiger partial charge in [-0.05, 0) is 18.6 Å². The van der Waals surface area contributed by atoms with Crippen LogP contribution in [0.1, 0.15) is 19.8 Å². The Labute approximate surface area is 99.4 Å². The molecule has 90 valence electrons. The fourth-order valence-electron chi connectivity index (χ4n) is 1.66. The summed E-state index contributed by atoms with van der Waals surface area (Å²) in [5.74, 6) is 0.244. The number of nitrogens with zero attached hydrogens (tertiary/aromatic N) is 1. The van der Waals surface area contributed by atoms with E-state index in [0.717, 1.165) is 17.5 Å². The molecule has 0 aliphatic heterocycles. The number of fused-ring (bicyclic) bond motifs is 1. The van der Waals surface area contributed by atoms with E-state index in [9.17, 15) is 4.79 Å². The first-order chi connectivity index (χ1) is 8.20. The molecule has 4 N–H and O–H groups in total. The van der Waals surface area contributed by atoms with E-state index in [0.29, 0.717) is 12.4 Å². The Morgan fingerprint density at radius 2 is 2.29 bits per heavy atom. The number of nitrogens with two attached hydrogens (primary N) is 1. The Balaban J connectivity index is 2.10. The molecule has 0 spiro atoms. The van der Waals surface area contributed by atoms with E-state index in [2.05, 4.69) is 15.3 Å². The standard InChI is InChI=1S/C12H16N4O/c1-2-5-8(13)11(17)16-12-14-9-6-3-4-7-10(9)15-12/h3-4,6-8H,2,5,13H2,1H3,(H2,14,15,16,17). The second-order valence-corrected chi connectivity index (χ2v) is 3.99. The summed E-state index contributed by atoms with van der Waals surface area (Å²) in [6, 6.07) is 7.12. The highest BCUT2D eigenvalue weighted by atomic mass is 16.2. The van der Waals surface area contributed by atoms with E-state index in [1.165, 1.54) is 0 Å². The minimum atomic E-state index is -0.479. The topological polar surface area (TPSA) is 83.8 Å². The lowest BCUT2D eigenvalue weighted by Gasteiger charge is -2.08. The molecule has 5 nitrogen and oxygen atoms in total. The molecule has 1 unspecified atom stereocenters. The molecule has 2 rings (SSSR count). The van der Waals surface area contributed by atoms with Gasteiger partial charge in [-0.2, -0.15) is 0 Å². The van der Waals surface area contributed by atoms with E-state index in [1.807, 2.05) is 31.2 Å². The molecule has 0 bridgehead atoms. The number of aromatic amines is 1. The second-order valence-electron chi connectivity index (χ2n) is 3.99. The van der Waals surface area contributed by atoms with Crippen LogP contribution in [-0.4, -0.2) is 21.9 Å². The number of rotatable bonds is 4. The van der Waals surface area contributed by atoms with Gasteiger partial charge in [-0.15, -0.1) is 0 Å². The highest BCUT2D eigenvalue weighted by molar-refractivity contribution is 5.94. The molecule has 0 aliphatic carbocycles. The predicted octanol–water partition coefficient (Wildman–Crippen LogP) is 1.63. The van der Waals surface area contributed by atoms with Gasteiger partial charge in [0.15, 0.2) is 0 Å². The van der Waals surface area contributed by atoms with Gasteiger partial charge >= 0.3 is 0 Å². The lowest BCUT2D eigenvalue weighted by atomic mass is 10.2. The molecule has 17 heavy (non-hydrogen) atoms. The summed E-state index contributed by atoms with van der Waals surface area (Å²) in [6.07, 6.45) is 1.56.